The molecule has 2 saturated carbocycles. The average molecular weight is 911 g/mol. The van der Waals surface area contributed by atoms with E-state index in [-0.39, 0.29) is 11.5 Å². The van der Waals surface area contributed by atoms with E-state index < -0.39 is 0 Å². The number of hydrogen-bond acceptors (Lipinski definition) is 2. The van der Waals surface area contributed by atoms with E-state index in [1.165, 1.54) is 168 Å². The van der Waals surface area contributed by atoms with Crippen LogP contribution in [0.1, 0.15) is 147 Å². The molecule has 2 nitrogen and oxygen atoms in total. The molecule has 0 N–H and O–H groups in total. The van der Waals surface area contributed by atoms with Gasteiger partial charge in [-0.25, -0.2) is 0 Å². The summed E-state index contributed by atoms with van der Waals surface area (Å²) in [5.41, 5.74) is 23.2. The highest BCUT2D eigenvalue weighted by Crippen LogP contribution is 2.54. The third-order valence-corrected chi connectivity index (χ3v) is 17.5. The molecule has 2 bridgehead atoms. The van der Waals surface area contributed by atoms with E-state index in [9.17, 15) is 0 Å². The minimum absolute atomic E-state index is 0.0162. The molecule has 2 heteroatoms. The zero-order valence-corrected chi connectivity index (χ0v) is 41.9. The molecule has 1 unspecified atom stereocenters. The molecule has 70 heavy (non-hydrogen) atoms. The van der Waals surface area contributed by atoms with Crippen LogP contribution in [-0.4, -0.2) is 0 Å². The van der Waals surface area contributed by atoms with Gasteiger partial charge in [-0.15, -0.1) is 0 Å². The molecular formula is C68H66N2. The van der Waals surface area contributed by atoms with Crippen molar-refractivity contribution in [2.75, 3.05) is 9.80 Å². The molecule has 2 fully saturated rings. The summed E-state index contributed by atoms with van der Waals surface area (Å²) >= 11 is 0. The Labute approximate surface area is 416 Å². The smallest absolute Gasteiger partial charge is 0.0653 e. The lowest BCUT2D eigenvalue weighted by atomic mass is 9.76. The molecule has 8 aromatic rings. The largest absolute Gasteiger partial charge is 0.333 e. The van der Waals surface area contributed by atoms with Gasteiger partial charge in [0.25, 0.3) is 0 Å². The van der Waals surface area contributed by atoms with Gasteiger partial charge in [-0.2, -0.15) is 0 Å². The molecule has 0 amide bonds. The Morgan fingerprint density at radius 3 is 1.67 bits per heavy atom. The zero-order chi connectivity index (χ0) is 47.3. The van der Waals surface area contributed by atoms with Gasteiger partial charge in [-0.3, -0.25) is 0 Å². The lowest BCUT2D eigenvalue weighted by molar-refractivity contribution is 0.383. The summed E-state index contributed by atoms with van der Waals surface area (Å²) < 4.78 is 0. The quantitative estimate of drug-likeness (QED) is 0.164. The van der Waals surface area contributed by atoms with Crippen LogP contribution in [0, 0.1) is 19.3 Å². The second kappa shape index (κ2) is 17.0. The Hall–Kier alpha value is -6.64. The van der Waals surface area contributed by atoms with Gasteiger partial charge in [0.05, 0.1) is 11.7 Å². The molecule has 0 saturated heterocycles. The van der Waals surface area contributed by atoms with E-state index in [1.54, 1.807) is 0 Å². The standard InChI is InChI=1S/C68H66N2/c1-43-56(47-22-8-6-9-23-47)33-31-52-38-53-32-34-57(48-24-10-7-11-25-48)44(2)67(53)70(55-29-17-27-50(40-55)46-20-14-15-21-46)63-42-62(69(66(43)52)54-28-16-26-49(39-54)45-18-12-13-19-45)59-35-30-51-41-61(68(3,4)5)58-36-37-60(63)65(59)64(51)58/h6-11,16-17,22-37,39-41,45-46,61,63H,12-15,18-21,38,42H2,1-5H3/t61-,63?/m0/s1. The van der Waals surface area contributed by atoms with Gasteiger partial charge in [-0.1, -0.05) is 186 Å². The summed E-state index contributed by atoms with van der Waals surface area (Å²) in [4.78, 5) is 5.64. The minimum atomic E-state index is 0.0162. The second-order valence-corrected chi connectivity index (χ2v) is 22.6. The fraction of sp³-hybridized carbons (Fsp3) is 0.294. The van der Waals surface area contributed by atoms with Crippen molar-refractivity contribution < 1.29 is 0 Å². The Bertz CT molecular complexity index is 3470. The predicted molar refractivity (Wildman–Crippen MR) is 296 cm³/mol. The molecule has 2 atom stereocenters. The Kier molecular flexibility index (Phi) is 10.6. The SMILES string of the molecule is Cc1c(-c2ccccc2)ccc2c1N(c1cccc(C3CCCC3)c1)C1=c3ccc4c5c(ccc(c35)C(C1)N(c1cccc(C3CCCC3)c1)c1c(ccc(-c3ccccc3)c1C)C2)[C@@H](C(C)(C)C)C=4. The van der Waals surface area contributed by atoms with Crippen molar-refractivity contribution >= 4 is 45.3 Å². The van der Waals surface area contributed by atoms with Crippen molar-refractivity contribution in [3.05, 3.63) is 213 Å². The molecule has 8 aromatic carbocycles. The van der Waals surface area contributed by atoms with Crippen molar-refractivity contribution in [1.29, 1.82) is 0 Å². The molecule has 1 aliphatic heterocycles. The van der Waals surface area contributed by atoms with Gasteiger partial charge in [-0.05, 0) is 164 Å². The lowest BCUT2D eigenvalue weighted by Crippen LogP contribution is -2.37. The number of anilines is 4. The summed E-state index contributed by atoms with van der Waals surface area (Å²) in [5, 5.41) is 5.67. The fourth-order valence-corrected chi connectivity index (χ4v) is 14.1. The van der Waals surface area contributed by atoms with Crippen LogP contribution in [-0.2, 0) is 6.42 Å². The molecule has 5 aliphatic rings. The van der Waals surface area contributed by atoms with E-state index >= 15 is 0 Å². The molecule has 4 aliphatic carbocycles. The van der Waals surface area contributed by atoms with Crippen molar-refractivity contribution in [3.63, 3.8) is 0 Å². The topological polar surface area (TPSA) is 6.48 Å². The van der Waals surface area contributed by atoms with Gasteiger partial charge in [0.1, 0.15) is 0 Å². The lowest BCUT2D eigenvalue weighted by Gasteiger charge is -2.44. The van der Waals surface area contributed by atoms with Crippen LogP contribution >= 0.6 is 0 Å². The number of benzene rings is 8. The summed E-state index contributed by atoms with van der Waals surface area (Å²) in [7, 11) is 0. The highest BCUT2D eigenvalue weighted by Gasteiger charge is 2.39. The normalized spacial score (nSPS) is 18.8. The maximum atomic E-state index is 2.85. The maximum absolute atomic E-state index is 2.85. The van der Waals surface area contributed by atoms with Crippen molar-refractivity contribution in [2.45, 2.75) is 123 Å². The Morgan fingerprint density at radius 2 is 1.06 bits per heavy atom. The first-order valence-electron chi connectivity index (χ1n) is 26.7. The van der Waals surface area contributed by atoms with Crippen LogP contribution in [0.5, 0.6) is 0 Å². The number of nitrogens with zero attached hydrogens (tertiary/aromatic N) is 2. The van der Waals surface area contributed by atoms with Gasteiger partial charge in [0.2, 0.25) is 0 Å². The summed E-state index contributed by atoms with van der Waals surface area (Å²) in [6.45, 7) is 12.1. The van der Waals surface area contributed by atoms with Crippen LogP contribution < -0.4 is 20.2 Å². The van der Waals surface area contributed by atoms with Crippen LogP contribution in [0.3, 0.4) is 0 Å². The molecule has 0 aromatic heterocycles. The van der Waals surface area contributed by atoms with E-state index in [2.05, 4.69) is 208 Å². The van der Waals surface area contributed by atoms with Gasteiger partial charge in [0.15, 0.2) is 0 Å². The van der Waals surface area contributed by atoms with Gasteiger partial charge in [0, 0.05) is 46.7 Å². The number of rotatable bonds is 6. The maximum Gasteiger partial charge on any atom is 0.0653 e. The van der Waals surface area contributed by atoms with E-state index in [0.29, 0.717) is 17.8 Å². The molecular weight excluding hydrogens is 845 g/mol. The summed E-state index contributed by atoms with van der Waals surface area (Å²) in [6.07, 6.45) is 14.6. The van der Waals surface area contributed by atoms with Crippen molar-refractivity contribution in [2.24, 2.45) is 5.41 Å². The van der Waals surface area contributed by atoms with E-state index in [0.717, 1.165) is 12.8 Å². The van der Waals surface area contributed by atoms with Gasteiger partial charge < -0.3 is 9.80 Å². The molecule has 348 valence electrons. The zero-order valence-electron chi connectivity index (χ0n) is 41.9. The second-order valence-electron chi connectivity index (χ2n) is 22.6. The summed E-state index contributed by atoms with van der Waals surface area (Å²) in [5.74, 6) is 1.54. The first-order valence-corrected chi connectivity index (χ1v) is 26.7. The monoisotopic (exact) mass is 911 g/mol. The average Bonchev–Trinajstić information content (AvgIpc) is 4.20. The van der Waals surface area contributed by atoms with E-state index in [1.807, 2.05) is 0 Å². The number of hydrogen-bond donors (Lipinski definition) is 0. The highest BCUT2D eigenvalue weighted by atomic mass is 15.2. The molecule has 0 radical (unpaired) electrons. The first-order chi connectivity index (χ1) is 34.2. The van der Waals surface area contributed by atoms with Crippen molar-refractivity contribution in [1.82, 2.24) is 0 Å². The molecule has 13 rings (SSSR count). The third kappa shape index (κ3) is 7.11. The Balaban J connectivity index is 1.18. The van der Waals surface area contributed by atoms with Crippen molar-refractivity contribution in [3.8, 4) is 22.3 Å². The van der Waals surface area contributed by atoms with Gasteiger partial charge >= 0.3 is 0 Å². The summed E-state index contributed by atoms with van der Waals surface area (Å²) in [6, 6.07) is 61.8. The molecule has 0 spiro atoms. The third-order valence-electron chi connectivity index (χ3n) is 17.5. The first kappa shape index (κ1) is 43.4. The fourth-order valence-electron chi connectivity index (χ4n) is 14.1. The van der Waals surface area contributed by atoms with Crippen LogP contribution in [0.4, 0.5) is 22.7 Å². The highest BCUT2D eigenvalue weighted by molar-refractivity contribution is 6.00. The van der Waals surface area contributed by atoms with Crippen LogP contribution in [0.15, 0.2) is 158 Å². The van der Waals surface area contributed by atoms with Crippen LogP contribution in [0.2, 0.25) is 0 Å². The van der Waals surface area contributed by atoms with Crippen LogP contribution in [0.25, 0.3) is 44.8 Å². The Morgan fingerprint density at radius 1 is 0.500 bits per heavy atom. The molecule has 1 heterocycles. The minimum Gasteiger partial charge on any atom is -0.333 e. The predicted octanol–water partition coefficient (Wildman–Crippen LogP) is 17.2. The van der Waals surface area contributed by atoms with E-state index in [4.69, 9.17) is 0 Å². The number of fused-ring (bicyclic) bond motifs is 5.